The molecule has 0 spiro atoms. The molecule has 0 radical (unpaired) electrons. The summed E-state index contributed by atoms with van der Waals surface area (Å²) >= 11 is 0. The fourth-order valence-corrected chi connectivity index (χ4v) is 4.70. The number of hydrazine groups is 1. The van der Waals surface area contributed by atoms with E-state index in [0.717, 1.165) is 24.8 Å². The quantitative estimate of drug-likeness (QED) is 0.345. The fraction of sp³-hybridized carbons (Fsp3) is 0.500. The van der Waals surface area contributed by atoms with Crippen LogP contribution in [0.3, 0.4) is 0 Å². The number of piperidine rings is 1. The van der Waals surface area contributed by atoms with Gasteiger partial charge in [-0.15, -0.1) is 24.8 Å². The molecule has 40 heavy (non-hydrogen) atoms. The molecule has 1 aliphatic heterocycles. The Balaban J connectivity index is 0.00000400. The van der Waals surface area contributed by atoms with Crippen LogP contribution in [-0.2, 0) is 30.3 Å². The number of halogens is 2. The molecule has 3 rings (SSSR count). The average molecular weight is 597 g/mol. The minimum atomic E-state index is -0.915. The van der Waals surface area contributed by atoms with Gasteiger partial charge < -0.3 is 9.64 Å². The third-order valence-electron chi connectivity index (χ3n) is 6.89. The predicted octanol–water partition coefficient (Wildman–Crippen LogP) is 3.45. The Bertz CT molecular complexity index is 1090. The maximum Gasteiger partial charge on any atom is 0.315 e. The van der Waals surface area contributed by atoms with E-state index in [4.69, 9.17) is 4.74 Å². The van der Waals surface area contributed by atoms with Crippen LogP contribution in [0.5, 0.6) is 0 Å². The first-order chi connectivity index (χ1) is 18.3. The zero-order valence-electron chi connectivity index (χ0n) is 23.2. The van der Waals surface area contributed by atoms with Crippen molar-refractivity contribution in [1.82, 2.24) is 24.9 Å². The summed E-state index contributed by atoms with van der Waals surface area (Å²) in [6, 6.07) is 7.28. The number of amides is 3. The molecule has 1 unspecified atom stereocenters. The first-order valence-electron chi connectivity index (χ1n) is 13.2. The van der Waals surface area contributed by atoms with Crippen LogP contribution >= 0.6 is 24.8 Å². The van der Waals surface area contributed by atoms with Crippen molar-refractivity contribution >= 4 is 48.5 Å². The third-order valence-corrected chi connectivity index (χ3v) is 6.89. The van der Waals surface area contributed by atoms with Gasteiger partial charge in [-0.3, -0.25) is 39.2 Å². The van der Waals surface area contributed by atoms with Crippen molar-refractivity contribution in [2.75, 3.05) is 32.8 Å². The molecule has 0 bridgehead atoms. The van der Waals surface area contributed by atoms with Crippen LogP contribution in [0.2, 0.25) is 0 Å². The summed E-state index contributed by atoms with van der Waals surface area (Å²) in [6.07, 6.45) is 9.46. The summed E-state index contributed by atoms with van der Waals surface area (Å²) in [5.74, 6) is -2.57. The molecular formula is C28H39Cl2N5O5. The Morgan fingerprint density at radius 3 is 2.38 bits per heavy atom. The van der Waals surface area contributed by atoms with Crippen molar-refractivity contribution in [3.05, 3.63) is 60.2 Å². The molecule has 2 atom stereocenters. The zero-order chi connectivity index (χ0) is 27.5. The number of nitrogens with zero attached hydrogens (tertiary/aromatic N) is 5. The van der Waals surface area contributed by atoms with Crippen molar-refractivity contribution in [2.24, 2.45) is 5.92 Å². The van der Waals surface area contributed by atoms with Crippen LogP contribution in [0.1, 0.15) is 57.1 Å². The Labute approximate surface area is 248 Å². The van der Waals surface area contributed by atoms with Gasteiger partial charge in [-0.05, 0) is 68.9 Å². The largest absolute Gasteiger partial charge is 0.455 e. The Morgan fingerprint density at radius 2 is 1.77 bits per heavy atom. The summed E-state index contributed by atoms with van der Waals surface area (Å²) in [7, 11) is 0. The summed E-state index contributed by atoms with van der Waals surface area (Å²) in [5.41, 5.74) is 1.64. The van der Waals surface area contributed by atoms with E-state index in [1.165, 1.54) is 23.1 Å². The lowest BCUT2D eigenvalue weighted by atomic mass is 9.91. The minimum absolute atomic E-state index is 0. The van der Waals surface area contributed by atoms with E-state index in [1.807, 2.05) is 26.0 Å². The molecule has 3 amide bonds. The number of likely N-dealkylation sites (N-methyl/N-ethyl adjacent to an activating group) is 1. The predicted molar refractivity (Wildman–Crippen MR) is 155 cm³/mol. The molecule has 0 N–H and O–H groups in total. The van der Waals surface area contributed by atoms with Crippen LogP contribution in [0.15, 0.2) is 49.1 Å². The Hall–Kier alpha value is -3.24. The number of ether oxygens (including phenoxy) is 1. The second-order valence-corrected chi connectivity index (χ2v) is 9.31. The van der Waals surface area contributed by atoms with Gasteiger partial charge in [0.05, 0.1) is 6.54 Å². The number of pyridine rings is 2. The smallest absolute Gasteiger partial charge is 0.315 e. The number of esters is 1. The first kappa shape index (κ1) is 34.8. The van der Waals surface area contributed by atoms with E-state index in [0.29, 0.717) is 31.6 Å². The molecule has 0 saturated carbocycles. The maximum atomic E-state index is 13.5. The van der Waals surface area contributed by atoms with Crippen LogP contribution < -0.4 is 0 Å². The zero-order valence-corrected chi connectivity index (χ0v) is 24.9. The number of carbonyl (C=O) groups excluding carboxylic acids is 4. The molecule has 0 aliphatic carbocycles. The van der Waals surface area contributed by atoms with Gasteiger partial charge in [0.1, 0.15) is 5.92 Å². The topological polar surface area (TPSA) is 113 Å². The van der Waals surface area contributed by atoms with Crippen LogP contribution in [0, 0.1) is 5.92 Å². The van der Waals surface area contributed by atoms with E-state index < -0.39 is 18.5 Å². The van der Waals surface area contributed by atoms with Gasteiger partial charge in [0.25, 0.3) is 5.91 Å². The monoisotopic (exact) mass is 595 g/mol. The molecular weight excluding hydrogens is 557 g/mol. The fourth-order valence-electron chi connectivity index (χ4n) is 4.70. The standard InChI is InChI=1S/C28H37N5O5.2ClH/c1-4-31(5-2)26(35)20-38-28(37)25(24-8-6-14-30-18-24)19-33(21(3)34)32-17-7-9-23(27(32)36)11-10-22-12-15-29-16-13-22;;/h6,8,12-16,18,23,25H,4-5,7,9-11,17,19-20H2,1-3H3;2*1H/t23-,25?;;/m1../s1. The molecule has 0 aromatic carbocycles. The van der Waals surface area contributed by atoms with Gasteiger partial charge in [-0.2, -0.15) is 0 Å². The molecule has 1 saturated heterocycles. The van der Waals surface area contributed by atoms with Crippen LogP contribution in [0.25, 0.3) is 0 Å². The molecule has 220 valence electrons. The summed E-state index contributed by atoms with van der Waals surface area (Å²) in [4.78, 5) is 61.6. The molecule has 1 aliphatic rings. The second-order valence-electron chi connectivity index (χ2n) is 9.31. The van der Waals surface area contributed by atoms with E-state index in [9.17, 15) is 19.2 Å². The first-order valence-corrected chi connectivity index (χ1v) is 13.2. The number of aromatic nitrogens is 2. The lowest BCUT2D eigenvalue weighted by Crippen LogP contribution is -2.55. The van der Waals surface area contributed by atoms with Gasteiger partial charge in [0, 0.05) is 57.3 Å². The van der Waals surface area contributed by atoms with Gasteiger partial charge in [0.2, 0.25) is 11.8 Å². The molecule has 3 heterocycles. The van der Waals surface area contributed by atoms with Crippen molar-refractivity contribution in [2.45, 2.75) is 52.4 Å². The lowest BCUT2D eigenvalue weighted by molar-refractivity contribution is -0.172. The Kier molecular flexibility index (Phi) is 15.2. The van der Waals surface area contributed by atoms with Gasteiger partial charge in [-0.25, -0.2) is 0 Å². The van der Waals surface area contributed by atoms with E-state index in [1.54, 1.807) is 35.6 Å². The molecule has 2 aromatic heterocycles. The summed E-state index contributed by atoms with van der Waals surface area (Å²) in [6.45, 7) is 6.01. The maximum absolute atomic E-state index is 13.5. The highest BCUT2D eigenvalue weighted by Gasteiger charge is 2.36. The number of rotatable bonds is 12. The lowest BCUT2D eigenvalue weighted by Gasteiger charge is -2.40. The van der Waals surface area contributed by atoms with E-state index in [-0.39, 0.29) is 55.0 Å². The van der Waals surface area contributed by atoms with Crippen molar-refractivity contribution in [3.63, 3.8) is 0 Å². The van der Waals surface area contributed by atoms with Crippen molar-refractivity contribution in [1.29, 1.82) is 0 Å². The van der Waals surface area contributed by atoms with Gasteiger partial charge in [-0.1, -0.05) is 6.07 Å². The minimum Gasteiger partial charge on any atom is -0.455 e. The second kappa shape index (κ2) is 17.5. The normalized spacial score (nSPS) is 15.2. The van der Waals surface area contributed by atoms with E-state index >= 15 is 0 Å². The number of hydrogen-bond donors (Lipinski definition) is 0. The average Bonchev–Trinajstić information content (AvgIpc) is 2.93. The van der Waals surface area contributed by atoms with Gasteiger partial charge in [0.15, 0.2) is 6.61 Å². The molecule has 2 aromatic rings. The summed E-state index contributed by atoms with van der Waals surface area (Å²) < 4.78 is 5.40. The highest BCUT2D eigenvalue weighted by molar-refractivity contribution is 5.86. The van der Waals surface area contributed by atoms with Crippen LogP contribution in [-0.4, -0.2) is 81.4 Å². The van der Waals surface area contributed by atoms with Gasteiger partial charge >= 0.3 is 5.97 Å². The number of hydrogen-bond acceptors (Lipinski definition) is 7. The molecule has 10 nitrogen and oxygen atoms in total. The Morgan fingerprint density at radius 1 is 1.07 bits per heavy atom. The third kappa shape index (κ3) is 9.45. The number of aryl methyl sites for hydroxylation is 1. The van der Waals surface area contributed by atoms with Crippen molar-refractivity contribution < 1.29 is 23.9 Å². The highest BCUT2D eigenvalue weighted by Crippen LogP contribution is 2.27. The number of carbonyl (C=O) groups is 4. The molecule has 12 heteroatoms. The van der Waals surface area contributed by atoms with Crippen LogP contribution in [0.4, 0.5) is 0 Å². The van der Waals surface area contributed by atoms with E-state index in [2.05, 4.69) is 9.97 Å². The van der Waals surface area contributed by atoms with Crippen molar-refractivity contribution in [3.8, 4) is 0 Å². The summed E-state index contributed by atoms with van der Waals surface area (Å²) in [5, 5.41) is 2.81. The highest BCUT2D eigenvalue weighted by atomic mass is 35.5. The molecule has 1 fully saturated rings. The SMILES string of the molecule is CCN(CC)C(=O)COC(=O)C(CN(C(C)=O)N1CCC[C@H](CCc2ccncc2)C1=O)c1cccnc1.Cl.Cl.